The molecular weight excluding hydrogens is 873 g/mol. The number of carbonyl (C=O) groups excluding carboxylic acids is 6. The van der Waals surface area contributed by atoms with Crippen LogP contribution in [0.2, 0.25) is 0 Å². The number of hydrogen-bond acceptors (Lipinski definition) is 13. The van der Waals surface area contributed by atoms with Gasteiger partial charge in [0.1, 0.15) is 36.0 Å². The highest BCUT2D eigenvalue weighted by Crippen LogP contribution is 2.23. The number of esters is 1. The van der Waals surface area contributed by atoms with E-state index in [1.165, 1.54) is 26.0 Å². The summed E-state index contributed by atoms with van der Waals surface area (Å²) >= 11 is 0. The van der Waals surface area contributed by atoms with E-state index < -0.39 is 104 Å². The molecule has 350 valence electrons. The lowest BCUT2D eigenvalue weighted by Gasteiger charge is -2.24. The lowest BCUT2D eigenvalue weighted by atomic mass is 10.1. The molecule has 4 atom stereocenters. The summed E-state index contributed by atoms with van der Waals surface area (Å²) < 4.78 is 69.3. The number of sulfonamides is 2. The SMILES string of the molecule is COC(=O)CNC(=O)COc1cc(NC(=O)[C@H](Cc2ccccc2)NS(=O)(=O)C[C@@H](NC(C)=O)C(C)C)nc(NC(=O)[C@H](Cc2ccccc2)NS(=O)(=O)C[C@@H](NC(C)=O)C(C)C)c1. The number of hydrogen-bond donors (Lipinski definition) is 7. The summed E-state index contributed by atoms with van der Waals surface area (Å²) in [6, 6.07) is 15.0. The van der Waals surface area contributed by atoms with Gasteiger partial charge in [-0.25, -0.2) is 31.3 Å². The Hall–Kier alpha value is -5.97. The molecule has 0 aliphatic rings. The number of benzene rings is 2. The Balaban J connectivity index is 2.02. The topological polar surface area (TPSA) is 286 Å². The van der Waals surface area contributed by atoms with Crippen LogP contribution in [0.25, 0.3) is 0 Å². The molecule has 2 aromatic carbocycles. The van der Waals surface area contributed by atoms with Gasteiger partial charge in [0.05, 0.1) is 18.6 Å². The number of carbonyl (C=O) groups is 6. The minimum absolute atomic E-state index is 0.126. The Morgan fingerprint density at radius 2 is 1.05 bits per heavy atom. The van der Waals surface area contributed by atoms with Gasteiger partial charge in [0.2, 0.25) is 43.7 Å². The molecule has 0 radical (unpaired) electrons. The average molecular weight is 931 g/mol. The van der Waals surface area contributed by atoms with Crippen LogP contribution in [0.4, 0.5) is 11.6 Å². The van der Waals surface area contributed by atoms with Crippen LogP contribution in [0.15, 0.2) is 72.8 Å². The first-order valence-electron chi connectivity index (χ1n) is 20.3. The first-order chi connectivity index (χ1) is 30.0. The first-order valence-corrected chi connectivity index (χ1v) is 23.6. The number of aromatic nitrogens is 1. The van der Waals surface area contributed by atoms with Crippen molar-refractivity contribution < 1.29 is 55.1 Å². The van der Waals surface area contributed by atoms with Crippen LogP contribution in [-0.2, 0) is 66.4 Å². The van der Waals surface area contributed by atoms with Gasteiger partial charge in [-0.05, 0) is 35.8 Å². The Morgan fingerprint density at radius 1 is 0.641 bits per heavy atom. The smallest absolute Gasteiger partial charge is 0.325 e. The van der Waals surface area contributed by atoms with E-state index in [1.807, 2.05) is 0 Å². The summed E-state index contributed by atoms with van der Waals surface area (Å²) in [5.74, 6) is -6.47. The quantitative estimate of drug-likeness (QED) is 0.0585. The lowest BCUT2D eigenvalue weighted by Crippen LogP contribution is -2.50. The molecule has 0 unspecified atom stereocenters. The van der Waals surface area contributed by atoms with E-state index in [0.717, 1.165) is 7.11 Å². The van der Waals surface area contributed by atoms with Gasteiger partial charge in [0.25, 0.3) is 5.91 Å². The number of pyridine rings is 1. The molecule has 1 heterocycles. The summed E-state index contributed by atoms with van der Waals surface area (Å²) in [5, 5.41) is 12.7. The van der Waals surface area contributed by atoms with Gasteiger partial charge in [-0.3, -0.25) is 28.8 Å². The summed E-state index contributed by atoms with van der Waals surface area (Å²) in [7, 11) is -7.35. The summed E-state index contributed by atoms with van der Waals surface area (Å²) in [6.07, 6.45) is -0.251. The number of rotatable bonds is 25. The largest absolute Gasteiger partial charge is 0.484 e. The second kappa shape index (κ2) is 24.8. The van der Waals surface area contributed by atoms with Crippen molar-refractivity contribution in [2.24, 2.45) is 11.8 Å². The fourth-order valence-corrected chi connectivity index (χ4v) is 9.31. The minimum atomic E-state index is -4.24. The molecule has 7 N–H and O–H groups in total. The van der Waals surface area contributed by atoms with Crippen molar-refractivity contribution in [1.82, 2.24) is 30.4 Å². The Kier molecular flexibility index (Phi) is 20.3. The van der Waals surface area contributed by atoms with E-state index in [9.17, 15) is 45.6 Å². The van der Waals surface area contributed by atoms with Crippen LogP contribution in [-0.4, -0.2) is 113 Å². The summed E-state index contributed by atoms with van der Waals surface area (Å²) in [6.45, 7) is 8.35. The van der Waals surface area contributed by atoms with Crippen molar-refractivity contribution in [3.8, 4) is 5.75 Å². The minimum Gasteiger partial charge on any atom is -0.484 e. The van der Waals surface area contributed by atoms with Crippen molar-refractivity contribution in [2.75, 3.05) is 42.4 Å². The van der Waals surface area contributed by atoms with E-state index in [0.29, 0.717) is 11.1 Å². The van der Waals surface area contributed by atoms with Gasteiger partial charge in [-0.2, -0.15) is 0 Å². The predicted molar refractivity (Wildman–Crippen MR) is 239 cm³/mol. The van der Waals surface area contributed by atoms with E-state index in [2.05, 4.69) is 45.7 Å². The van der Waals surface area contributed by atoms with Crippen LogP contribution in [0, 0.1) is 11.8 Å². The standard InChI is InChI=1S/C42H58N8O12S2/c1-26(2)35(44-28(5)51)24-63(57,58)49-33(18-30-14-10-8-11-15-30)41(55)47-37-20-32(62-23-39(53)43-22-40(54)61-7)21-38(46-37)48-42(56)34(19-31-16-12-9-13-17-31)50-64(59,60)25-36(27(3)4)45-29(6)52/h8-17,20-21,26-27,33-36,49-50H,18-19,22-25H2,1-7H3,(H,43,53)(H,44,51)(H,45,52)(H2,46,47,48,55,56)/t33-,34-,35+,36+/m0/s1. The fourth-order valence-electron chi connectivity index (χ4n) is 5.99. The Bertz CT molecular complexity index is 2160. The number of nitrogens with one attached hydrogen (secondary N) is 7. The third kappa shape index (κ3) is 19.2. The molecule has 0 aliphatic carbocycles. The highest BCUT2D eigenvalue weighted by atomic mass is 32.2. The third-order valence-corrected chi connectivity index (χ3v) is 12.2. The number of amides is 5. The van der Waals surface area contributed by atoms with Gasteiger partial charge >= 0.3 is 5.97 Å². The van der Waals surface area contributed by atoms with Crippen molar-refractivity contribution in [1.29, 1.82) is 0 Å². The maximum absolute atomic E-state index is 14.1. The van der Waals surface area contributed by atoms with Crippen LogP contribution >= 0.6 is 0 Å². The van der Waals surface area contributed by atoms with E-state index in [4.69, 9.17) is 4.74 Å². The molecule has 0 spiro atoms. The van der Waals surface area contributed by atoms with Gasteiger partial charge < -0.3 is 36.1 Å². The highest BCUT2D eigenvalue weighted by molar-refractivity contribution is 7.89. The molecule has 0 saturated heterocycles. The van der Waals surface area contributed by atoms with Crippen LogP contribution in [0.5, 0.6) is 5.75 Å². The molecular formula is C42H58N8O12S2. The zero-order valence-corrected chi connectivity index (χ0v) is 38.4. The van der Waals surface area contributed by atoms with Crippen molar-refractivity contribution >= 4 is 67.2 Å². The molecule has 1 aromatic heterocycles. The molecule has 22 heteroatoms. The molecule has 0 fully saturated rings. The van der Waals surface area contributed by atoms with E-state index >= 15 is 0 Å². The van der Waals surface area contributed by atoms with Crippen LogP contribution < -0.4 is 40.8 Å². The molecule has 64 heavy (non-hydrogen) atoms. The summed E-state index contributed by atoms with van der Waals surface area (Å²) in [4.78, 5) is 80.3. The van der Waals surface area contributed by atoms with Crippen molar-refractivity contribution in [3.05, 3.63) is 83.9 Å². The monoisotopic (exact) mass is 930 g/mol. The maximum atomic E-state index is 14.1. The van der Waals surface area contributed by atoms with Crippen molar-refractivity contribution in [2.45, 2.75) is 78.6 Å². The number of nitrogens with zero attached hydrogens (tertiary/aromatic N) is 1. The van der Waals surface area contributed by atoms with Crippen LogP contribution in [0.3, 0.4) is 0 Å². The molecule has 3 aromatic rings. The van der Waals surface area contributed by atoms with Crippen LogP contribution in [0.1, 0.15) is 52.7 Å². The normalized spacial score (nSPS) is 13.5. The second-order valence-electron chi connectivity index (χ2n) is 15.6. The van der Waals surface area contributed by atoms with E-state index in [1.54, 1.807) is 88.4 Å². The summed E-state index contributed by atoms with van der Waals surface area (Å²) in [5.41, 5.74) is 1.18. The zero-order valence-electron chi connectivity index (χ0n) is 36.8. The molecule has 3 rings (SSSR count). The van der Waals surface area contributed by atoms with Gasteiger partial charge in [0, 0.05) is 38.1 Å². The second-order valence-corrected chi connectivity index (χ2v) is 19.2. The average Bonchev–Trinajstić information content (AvgIpc) is 3.21. The Morgan fingerprint density at radius 3 is 1.41 bits per heavy atom. The molecule has 20 nitrogen and oxygen atoms in total. The zero-order chi connectivity index (χ0) is 47.6. The molecule has 0 bridgehead atoms. The molecule has 0 aliphatic heterocycles. The highest BCUT2D eigenvalue weighted by Gasteiger charge is 2.31. The first kappa shape index (κ1) is 52.4. The number of ether oxygens (including phenoxy) is 2. The fraction of sp³-hybridized carbons (Fsp3) is 0.452. The van der Waals surface area contributed by atoms with Crippen molar-refractivity contribution in [3.63, 3.8) is 0 Å². The third-order valence-electron chi connectivity index (χ3n) is 9.36. The van der Waals surface area contributed by atoms with Gasteiger partial charge in [-0.1, -0.05) is 88.4 Å². The van der Waals surface area contributed by atoms with Gasteiger partial charge in [0.15, 0.2) is 6.61 Å². The molecule has 5 amide bonds. The number of methoxy groups -OCH3 is 1. The van der Waals surface area contributed by atoms with Gasteiger partial charge in [-0.15, -0.1) is 0 Å². The number of anilines is 2. The molecule has 0 saturated carbocycles. The predicted octanol–water partition coefficient (Wildman–Crippen LogP) is 1.01. The van der Waals surface area contributed by atoms with E-state index in [-0.39, 0.29) is 42.1 Å². The lowest BCUT2D eigenvalue weighted by molar-refractivity contribution is -0.141. The maximum Gasteiger partial charge on any atom is 0.325 e. The Labute approximate surface area is 373 Å².